The van der Waals surface area contributed by atoms with Gasteiger partial charge in [0.2, 0.25) is 0 Å². The summed E-state index contributed by atoms with van der Waals surface area (Å²) in [6, 6.07) is 18.6. The summed E-state index contributed by atoms with van der Waals surface area (Å²) in [5.41, 5.74) is 1.22. The Kier molecular flexibility index (Phi) is 5.96. The molecule has 106 valence electrons. The van der Waals surface area contributed by atoms with Crippen LogP contribution in [-0.2, 0) is 0 Å². The molecule has 2 nitrogen and oxygen atoms in total. The molecule has 1 N–H and O–H groups in total. The maximum atomic E-state index is 6.26. The fraction of sp³-hybridized carbons (Fsp3) is 0.294. The predicted octanol–water partition coefficient (Wildman–Crippen LogP) is 4.14. The van der Waals surface area contributed by atoms with E-state index in [0.717, 1.165) is 18.7 Å². The van der Waals surface area contributed by atoms with E-state index < -0.39 is 0 Å². The van der Waals surface area contributed by atoms with E-state index in [-0.39, 0.29) is 6.10 Å². The number of ether oxygens (including phenoxy) is 1. The topological polar surface area (TPSA) is 21.3 Å². The third-order valence-electron chi connectivity index (χ3n) is 3.17. The molecule has 20 heavy (non-hydrogen) atoms. The van der Waals surface area contributed by atoms with Crippen molar-refractivity contribution in [2.24, 2.45) is 0 Å². The first-order valence-electron chi connectivity index (χ1n) is 6.84. The lowest BCUT2D eigenvalue weighted by Crippen LogP contribution is -2.16. The molecule has 0 aliphatic heterocycles. The van der Waals surface area contributed by atoms with Crippen molar-refractivity contribution in [1.29, 1.82) is 0 Å². The lowest BCUT2D eigenvalue weighted by Gasteiger charge is -2.21. The van der Waals surface area contributed by atoms with E-state index in [0.29, 0.717) is 0 Å². The van der Waals surface area contributed by atoms with Crippen LogP contribution in [-0.4, -0.2) is 19.8 Å². The van der Waals surface area contributed by atoms with Gasteiger partial charge in [-0.15, -0.1) is 11.8 Å². The van der Waals surface area contributed by atoms with Crippen molar-refractivity contribution in [2.75, 3.05) is 19.8 Å². The number of para-hydroxylation sites is 1. The van der Waals surface area contributed by atoms with Crippen LogP contribution >= 0.6 is 11.8 Å². The zero-order chi connectivity index (χ0) is 14.2. The number of hydrogen-bond donors (Lipinski definition) is 1. The molecule has 0 fully saturated rings. The van der Waals surface area contributed by atoms with Crippen molar-refractivity contribution in [1.82, 2.24) is 5.32 Å². The summed E-state index contributed by atoms with van der Waals surface area (Å²) in [6.45, 7) is 0.932. The second kappa shape index (κ2) is 7.98. The monoisotopic (exact) mass is 286 g/mol. The molecule has 3 heteroatoms. The number of nitrogens with one attached hydrogen (secondary N) is 1. The molecule has 1 atom stereocenters. The van der Waals surface area contributed by atoms with Gasteiger partial charge < -0.3 is 10.1 Å². The van der Waals surface area contributed by atoms with Crippen LogP contribution in [0.25, 0.3) is 0 Å². The first-order chi connectivity index (χ1) is 9.85. The largest absolute Gasteiger partial charge is 0.485 e. The zero-order valence-corrected chi connectivity index (χ0v) is 12.8. The van der Waals surface area contributed by atoms with E-state index in [4.69, 9.17) is 4.74 Å². The number of hydrogen-bond acceptors (Lipinski definition) is 3. The van der Waals surface area contributed by atoms with Gasteiger partial charge in [-0.05, 0) is 37.5 Å². The van der Waals surface area contributed by atoms with Crippen LogP contribution < -0.4 is 10.1 Å². The smallest absolute Gasteiger partial charge is 0.133 e. The number of thioether (sulfide) groups is 1. The van der Waals surface area contributed by atoms with Gasteiger partial charge in [0.25, 0.3) is 0 Å². The Morgan fingerprint density at radius 3 is 2.45 bits per heavy atom. The minimum Gasteiger partial charge on any atom is -0.485 e. The molecule has 0 aromatic heterocycles. The number of rotatable bonds is 7. The van der Waals surface area contributed by atoms with Gasteiger partial charge in [-0.2, -0.15) is 0 Å². The molecule has 2 rings (SSSR count). The van der Waals surface area contributed by atoms with Crippen molar-refractivity contribution in [3.63, 3.8) is 0 Å². The molecular weight excluding hydrogens is 265 g/mol. The second-order valence-electron chi connectivity index (χ2n) is 4.56. The first-order valence-corrected chi connectivity index (χ1v) is 8.07. The fourth-order valence-corrected chi connectivity index (χ4v) is 2.64. The van der Waals surface area contributed by atoms with Crippen LogP contribution in [0.15, 0.2) is 59.5 Å². The van der Waals surface area contributed by atoms with Crippen LogP contribution in [0, 0.1) is 0 Å². The minimum atomic E-state index is 0.0805. The van der Waals surface area contributed by atoms with Gasteiger partial charge >= 0.3 is 0 Å². The Balaban J connectivity index is 2.19. The van der Waals surface area contributed by atoms with E-state index in [9.17, 15) is 0 Å². The zero-order valence-electron chi connectivity index (χ0n) is 12.0. The van der Waals surface area contributed by atoms with Crippen molar-refractivity contribution in [3.8, 4) is 5.75 Å². The average molecular weight is 286 g/mol. The third kappa shape index (κ3) is 4.02. The highest BCUT2D eigenvalue weighted by molar-refractivity contribution is 7.98. The summed E-state index contributed by atoms with van der Waals surface area (Å²) < 4.78 is 6.26. The van der Waals surface area contributed by atoms with Gasteiger partial charge in [0.1, 0.15) is 11.9 Å². The molecule has 0 heterocycles. The summed E-state index contributed by atoms with van der Waals surface area (Å²) in [7, 11) is 1.97. The highest BCUT2D eigenvalue weighted by Gasteiger charge is 2.14. The maximum Gasteiger partial charge on any atom is 0.133 e. The summed E-state index contributed by atoms with van der Waals surface area (Å²) in [5.74, 6) is 0.963. The average Bonchev–Trinajstić information content (AvgIpc) is 2.52. The van der Waals surface area contributed by atoms with Crippen LogP contribution in [0.3, 0.4) is 0 Å². The van der Waals surface area contributed by atoms with Crippen molar-refractivity contribution >= 4 is 11.8 Å². The van der Waals surface area contributed by atoms with E-state index in [2.05, 4.69) is 41.9 Å². The lowest BCUT2D eigenvalue weighted by molar-refractivity contribution is 0.190. The summed E-state index contributed by atoms with van der Waals surface area (Å²) in [4.78, 5) is 1.18. The van der Waals surface area contributed by atoms with Gasteiger partial charge in [-0.3, -0.25) is 0 Å². The quantitative estimate of drug-likeness (QED) is 0.773. The van der Waals surface area contributed by atoms with Gasteiger partial charge in [-0.1, -0.05) is 42.5 Å². The van der Waals surface area contributed by atoms with Crippen LogP contribution in [0.2, 0.25) is 0 Å². The molecule has 0 spiro atoms. The molecular formula is C17H21NOS. The van der Waals surface area contributed by atoms with Crippen LogP contribution in [0.1, 0.15) is 18.1 Å². The van der Waals surface area contributed by atoms with Crippen LogP contribution in [0.5, 0.6) is 5.75 Å². The summed E-state index contributed by atoms with van der Waals surface area (Å²) >= 11 is 1.72. The second-order valence-corrected chi connectivity index (χ2v) is 5.41. The predicted molar refractivity (Wildman–Crippen MR) is 86.6 cm³/mol. The van der Waals surface area contributed by atoms with E-state index in [1.807, 2.05) is 31.3 Å². The molecule has 0 unspecified atom stereocenters. The molecule has 0 aliphatic rings. The molecule has 0 saturated carbocycles. The van der Waals surface area contributed by atoms with Crippen molar-refractivity contribution in [2.45, 2.75) is 17.4 Å². The minimum absolute atomic E-state index is 0.0805. The van der Waals surface area contributed by atoms with Crippen LogP contribution in [0.4, 0.5) is 0 Å². The Morgan fingerprint density at radius 2 is 1.75 bits per heavy atom. The van der Waals surface area contributed by atoms with Gasteiger partial charge in [0.15, 0.2) is 0 Å². The highest BCUT2D eigenvalue weighted by Crippen LogP contribution is 2.32. The summed E-state index contributed by atoms with van der Waals surface area (Å²) in [5, 5.41) is 3.20. The maximum absolute atomic E-state index is 6.26. The molecule has 2 aromatic carbocycles. The SMILES string of the molecule is CNCC[C@@H](Oc1ccccc1S[11CH3])c1ccccc1. The first kappa shape index (κ1) is 14.9. The fourth-order valence-electron chi connectivity index (χ4n) is 2.11. The van der Waals surface area contributed by atoms with Gasteiger partial charge in [0.05, 0.1) is 0 Å². The molecule has 0 radical (unpaired) electrons. The van der Waals surface area contributed by atoms with Crippen molar-refractivity contribution in [3.05, 3.63) is 60.2 Å². The van der Waals surface area contributed by atoms with Gasteiger partial charge in [0, 0.05) is 11.3 Å². The highest BCUT2D eigenvalue weighted by atomic mass is 32.2. The molecule has 0 saturated heterocycles. The molecule has 0 amide bonds. The molecule has 0 bridgehead atoms. The van der Waals surface area contributed by atoms with E-state index in [1.54, 1.807) is 11.8 Å². The van der Waals surface area contributed by atoms with Gasteiger partial charge in [-0.25, -0.2) is 0 Å². The number of benzene rings is 2. The van der Waals surface area contributed by atoms with E-state index in [1.165, 1.54) is 10.5 Å². The Morgan fingerprint density at radius 1 is 1.05 bits per heavy atom. The molecule has 0 aliphatic carbocycles. The standard InChI is InChI=1S/C17H21NOS/c1-18-13-12-15(14-8-4-3-5-9-14)19-16-10-6-7-11-17(16)20-2/h3-11,15,18H,12-13H2,1-2H3/t15-/m1/s1/i2-1. The molecule has 2 aromatic rings. The Bertz CT molecular complexity index is 515. The van der Waals surface area contributed by atoms with E-state index >= 15 is 0 Å². The summed E-state index contributed by atoms with van der Waals surface area (Å²) in [6.07, 6.45) is 3.10. The van der Waals surface area contributed by atoms with Crippen molar-refractivity contribution < 1.29 is 4.74 Å². The third-order valence-corrected chi connectivity index (χ3v) is 3.94. The lowest BCUT2D eigenvalue weighted by atomic mass is 10.1. The normalized spacial score (nSPS) is 12.1. The Labute approximate surface area is 125 Å². The Hall–Kier alpha value is -1.45.